The van der Waals surface area contributed by atoms with Gasteiger partial charge in [-0.05, 0) is 6.92 Å². The molecule has 0 aromatic heterocycles. The maximum absolute atomic E-state index is 11.2. The van der Waals surface area contributed by atoms with Crippen LogP contribution in [0.4, 0.5) is 0 Å². The van der Waals surface area contributed by atoms with Crippen LogP contribution < -0.4 is 0 Å². The van der Waals surface area contributed by atoms with Gasteiger partial charge < -0.3 is 8.37 Å². The van der Waals surface area contributed by atoms with Crippen LogP contribution in [0, 0.1) is 0 Å². The van der Waals surface area contributed by atoms with E-state index in [0.29, 0.717) is 5.75 Å². The van der Waals surface area contributed by atoms with Gasteiger partial charge in [-0.3, -0.25) is 0 Å². The standard InChI is InChI=1S/C6H12O3S/c1-4-8-10(7,6-3)9-5-2/h4-5,10H,1-2,6H2,3H3. The van der Waals surface area contributed by atoms with Crippen molar-refractivity contribution in [3.63, 3.8) is 0 Å². The number of thiol groups is 1. The second-order valence-electron chi connectivity index (χ2n) is 1.47. The van der Waals surface area contributed by atoms with Crippen molar-refractivity contribution in [1.82, 2.24) is 0 Å². The normalized spacial score (nSPS) is 11.7. The van der Waals surface area contributed by atoms with Crippen molar-refractivity contribution < 1.29 is 12.6 Å². The lowest BCUT2D eigenvalue weighted by atomic mass is 11.0. The Morgan fingerprint density at radius 1 is 1.40 bits per heavy atom. The molecule has 4 heteroatoms. The van der Waals surface area contributed by atoms with E-state index in [9.17, 15) is 4.21 Å². The second-order valence-corrected chi connectivity index (χ2v) is 3.75. The Labute approximate surface area is 62.2 Å². The fourth-order valence-corrected chi connectivity index (χ4v) is 1.20. The summed E-state index contributed by atoms with van der Waals surface area (Å²) >= 11 is 0. The molecule has 0 saturated carbocycles. The van der Waals surface area contributed by atoms with E-state index in [1.165, 1.54) is 0 Å². The Morgan fingerprint density at radius 3 is 2.00 bits per heavy atom. The van der Waals surface area contributed by atoms with E-state index in [1.807, 2.05) is 0 Å². The van der Waals surface area contributed by atoms with Crippen molar-refractivity contribution in [2.45, 2.75) is 6.92 Å². The van der Waals surface area contributed by atoms with E-state index in [0.717, 1.165) is 12.5 Å². The highest BCUT2D eigenvalue weighted by Gasteiger charge is 2.07. The summed E-state index contributed by atoms with van der Waals surface area (Å²) in [6.07, 6.45) is 2.21. The minimum atomic E-state index is -2.94. The lowest BCUT2D eigenvalue weighted by molar-refractivity contribution is 0.370. The van der Waals surface area contributed by atoms with Crippen LogP contribution >= 0.6 is 0 Å². The molecule has 0 bridgehead atoms. The Kier molecular flexibility index (Phi) is 3.79. The largest absolute Gasteiger partial charge is 0.406 e. The van der Waals surface area contributed by atoms with Crippen LogP contribution in [-0.4, -0.2) is 9.96 Å². The molecule has 3 nitrogen and oxygen atoms in total. The van der Waals surface area contributed by atoms with Gasteiger partial charge in [-0.15, -0.1) is 0 Å². The Hall–Kier alpha value is -0.770. The predicted molar refractivity (Wildman–Crippen MR) is 42.6 cm³/mol. The maximum atomic E-state index is 11.2. The lowest BCUT2D eigenvalue weighted by Crippen LogP contribution is -2.16. The Bertz CT molecular complexity index is 150. The van der Waals surface area contributed by atoms with E-state index < -0.39 is 10.5 Å². The highest BCUT2D eigenvalue weighted by molar-refractivity contribution is 7.94. The molecule has 0 aliphatic carbocycles. The van der Waals surface area contributed by atoms with Crippen molar-refractivity contribution in [2.24, 2.45) is 0 Å². The highest BCUT2D eigenvalue weighted by Crippen LogP contribution is 2.08. The van der Waals surface area contributed by atoms with Gasteiger partial charge in [0.2, 0.25) is 0 Å². The van der Waals surface area contributed by atoms with Gasteiger partial charge in [0, 0.05) is 0 Å². The molecule has 0 spiro atoms. The molecule has 0 rings (SSSR count). The summed E-state index contributed by atoms with van der Waals surface area (Å²) in [6, 6.07) is 0. The van der Waals surface area contributed by atoms with Crippen molar-refractivity contribution in [2.75, 3.05) is 5.75 Å². The molecule has 0 aliphatic rings. The average molecular weight is 164 g/mol. The van der Waals surface area contributed by atoms with E-state index in [-0.39, 0.29) is 0 Å². The maximum Gasteiger partial charge on any atom is 0.146 e. The molecule has 0 unspecified atom stereocenters. The van der Waals surface area contributed by atoms with Crippen LogP contribution in [0.5, 0.6) is 0 Å². The molecule has 0 aromatic carbocycles. The van der Waals surface area contributed by atoms with Gasteiger partial charge in [0.05, 0.1) is 18.3 Å². The number of hydrogen-bond acceptors (Lipinski definition) is 3. The Balaban J connectivity index is 4.07. The summed E-state index contributed by atoms with van der Waals surface area (Å²) in [7, 11) is -2.94. The third-order valence-electron chi connectivity index (χ3n) is 0.858. The van der Waals surface area contributed by atoms with Crippen molar-refractivity contribution in [1.29, 1.82) is 0 Å². The lowest BCUT2D eigenvalue weighted by Gasteiger charge is -2.20. The summed E-state index contributed by atoms with van der Waals surface area (Å²) < 4.78 is 20.5. The van der Waals surface area contributed by atoms with Crippen LogP contribution in [0.2, 0.25) is 0 Å². The van der Waals surface area contributed by atoms with Gasteiger partial charge in [-0.25, -0.2) is 4.21 Å². The second kappa shape index (κ2) is 4.11. The van der Waals surface area contributed by atoms with Crippen LogP contribution in [0.3, 0.4) is 0 Å². The molecular weight excluding hydrogens is 152 g/mol. The summed E-state index contributed by atoms with van der Waals surface area (Å²) in [4.78, 5) is 0. The van der Waals surface area contributed by atoms with Crippen molar-refractivity contribution in [3.05, 3.63) is 25.7 Å². The van der Waals surface area contributed by atoms with Gasteiger partial charge in [0.15, 0.2) is 0 Å². The van der Waals surface area contributed by atoms with Crippen LogP contribution in [0.15, 0.2) is 25.7 Å². The molecule has 0 amide bonds. The third kappa shape index (κ3) is 2.68. The van der Waals surface area contributed by atoms with E-state index in [1.54, 1.807) is 6.92 Å². The molecule has 0 heterocycles. The minimum Gasteiger partial charge on any atom is -0.406 e. The minimum absolute atomic E-state index is 0.311. The number of rotatable bonds is 5. The van der Waals surface area contributed by atoms with Gasteiger partial charge in [-0.2, -0.15) is 0 Å². The molecular formula is C6H12O3S. The molecule has 0 N–H and O–H groups in total. The monoisotopic (exact) mass is 164 g/mol. The molecule has 0 aliphatic heterocycles. The fourth-order valence-electron chi connectivity index (χ4n) is 0.401. The molecule has 0 fully saturated rings. The zero-order valence-corrected chi connectivity index (χ0v) is 6.84. The molecule has 10 heavy (non-hydrogen) atoms. The molecule has 0 aromatic rings. The summed E-state index contributed by atoms with van der Waals surface area (Å²) in [6.45, 7) is 8.24. The average Bonchev–Trinajstić information content (AvgIpc) is 1.89. The first-order valence-corrected chi connectivity index (χ1v) is 4.59. The summed E-state index contributed by atoms with van der Waals surface area (Å²) in [5.41, 5.74) is 0. The topological polar surface area (TPSA) is 35.5 Å². The van der Waals surface area contributed by atoms with E-state index in [2.05, 4.69) is 21.5 Å². The van der Waals surface area contributed by atoms with Gasteiger partial charge in [0.1, 0.15) is 10.5 Å². The van der Waals surface area contributed by atoms with Crippen molar-refractivity contribution >= 4 is 10.5 Å². The fraction of sp³-hybridized carbons (Fsp3) is 0.333. The van der Waals surface area contributed by atoms with Crippen LogP contribution in [0.1, 0.15) is 6.92 Å². The van der Waals surface area contributed by atoms with Crippen LogP contribution in [0.25, 0.3) is 0 Å². The molecule has 0 atom stereocenters. The first-order valence-electron chi connectivity index (χ1n) is 2.86. The quantitative estimate of drug-likeness (QED) is 0.489. The zero-order chi connectivity index (χ0) is 8.04. The van der Waals surface area contributed by atoms with Gasteiger partial charge >= 0.3 is 0 Å². The van der Waals surface area contributed by atoms with E-state index in [4.69, 9.17) is 0 Å². The smallest absolute Gasteiger partial charge is 0.146 e. The summed E-state index contributed by atoms with van der Waals surface area (Å²) in [5.74, 6) is 0.311. The van der Waals surface area contributed by atoms with E-state index >= 15 is 0 Å². The summed E-state index contributed by atoms with van der Waals surface area (Å²) in [5, 5.41) is 0. The third-order valence-corrected chi connectivity index (χ3v) is 2.57. The number of hydrogen-bond donors (Lipinski definition) is 1. The van der Waals surface area contributed by atoms with Crippen LogP contribution in [-0.2, 0) is 18.9 Å². The SMILES string of the molecule is C=CO[SH](=O)(CC)OC=C. The van der Waals surface area contributed by atoms with Crippen molar-refractivity contribution in [3.8, 4) is 0 Å². The predicted octanol–water partition coefficient (Wildman–Crippen LogP) is 1.17. The first kappa shape index (κ1) is 9.23. The zero-order valence-electron chi connectivity index (χ0n) is 5.95. The molecule has 0 radical (unpaired) electrons. The molecule has 60 valence electrons. The van der Waals surface area contributed by atoms with Gasteiger partial charge in [0.25, 0.3) is 0 Å². The highest BCUT2D eigenvalue weighted by atomic mass is 32.3. The molecule has 0 saturated heterocycles. The first-order chi connectivity index (χ1) is 4.68. The Morgan fingerprint density at radius 2 is 1.80 bits per heavy atom. The van der Waals surface area contributed by atoms with Gasteiger partial charge in [-0.1, -0.05) is 13.2 Å².